The zero-order valence-corrected chi connectivity index (χ0v) is 19.1. The van der Waals surface area contributed by atoms with Crippen molar-refractivity contribution in [1.82, 2.24) is 21.3 Å². The Morgan fingerprint density at radius 2 is 1.54 bits per heavy atom. The molecule has 0 bridgehead atoms. The number of amides is 4. The largest absolute Gasteiger partial charge is 0.468 e. The minimum Gasteiger partial charge on any atom is -0.468 e. The average Bonchev–Trinajstić information content (AvgIpc) is 2.70. The van der Waals surface area contributed by atoms with Crippen molar-refractivity contribution in [3.05, 3.63) is 0 Å². The van der Waals surface area contributed by atoms with Crippen LogP contribution in [0.25, 0.3) is 0 Å². The van der Waals surface area contributed by atoms with Crippen LogP contribution in [0, 0.1) is 5.92 Å². The van der Waals surface area contributed by atoms with Gasteiger partial charge in [-0.1, -0.05) is 29.5 Å². The van der Waals surface area contributed by atoms with E-state index in [2.05, 4.69) is 48.6 Å². The Hall–Kier alpha value is -1.57. The first-order chi connectivity index (χ1) is 13.2. The van der Waals surface area contributed by atoms with Crippen molar-refractivity contribution in [1.29, 1.82) is 0 Å². The van der Waals surface area contributed by atoms with E-state index in [1.165, 1.54) is 7.11 Å². The van der Waals surface area contributed by atoms with Gasteiger partial charge in [-0.3, -0.25) is 24.0 Å². The lowest BCUT2D eigenvalue weighted by atomic mass is 10.1. The van der Waals surface area contributed by atoms with Gasteiger partial charge in [-0.15, -0.1) is 0 Å². The lowest BCUT2D eigenvalue weighted by Crippen LogP contribution is -2.51. The molecule has 0 aromatic heterocycles. The maximum atomic E-state index is 12.3. The van der Waals surface area contributed by atoms with E-state index >= 15 is 0 Å². The van der Waals surface area contributed by atoms with Gasteiger partial charge in [0.05, 0.1) is 20.2 Å². The Balaban J connectivity index is 4.39. The van der Waals surface area contributed by atoms with Gasteiger partial charge < -0.3 is 26.0 Å². The van der Waals surface area contributed by atoms with Gasteiger partial charge in [-0.05, 0) is 18.4 Å². The first-order valence-electron chi connectivity index (χ1n) is 8.48. The molecule has 0 aromatic carbocycles. The van der Waals surface area contributed by atoms with E-state index in [0.29, 0.717) is 16.6 Å². The third-order valence-corrected chi connectivity index (χ3v) is 5.41. The van der Waals surface area contributed by atoms with E-state index in [0.717, 1.165) is 0 Å². The number of carbonyl (C=O) groups is 5. The number of methoxy groups -OCH3 is 1. The van der Waals surface area contributed by atoms with Crippen LogP contribution >= 0.6 is 34.4 Å². The molecule has 0 spiro atoms. The van der Waals surface area contributed by atoms with E-state index in [4.69, 9.17) is 0 Å². The van der Waals surface area contributed by atoms with E-state index in [-0.39, 0.29) is 31.5 Å². The monoisotopic (exact) mass is 530 g/mol. The van der Waals surface area contributed by atoms with Crippen molar-refractivity contribution in [2.45, 2.75) is 19.4 Å². The Labute approximate surface area is 182 Å². The summed E-state index contributed by atoms with van der Waals surface area (Å²) in [5, 5.41) is 9.74. The topological polar surface area (TPSA) is 143 Å². The molecule has 0 aliphatic heterocycles. The highest BCUT2D eigenvalue weighted by atomic mass is 127. The number of hydrogen-bond donors (Lipinski definition) is 4. The summed E-state index contributed by atoms with van der Waals surface area (Å²) in [6, 6.07) is -0.735. The number of alkyl halides is 1. The van der Waals surface area contributed by atoms with Gasteiger partial charge in [0.2, 0.25) is 23.6 Å². The molecule has 0 saturated carbocycles. The minimum absolute atomic E-state index is 0.220. The van der Waals surface area contributed by atoms with Crippen molar-refractivity contribution in [2.75, 3.05) is 43.2 Å². The second-order valence-electron chi connectivity index (χ2n) is 5.75. The van der Waals surface area contributed by atoms with Gasteiger partial charge >= 0.3 is 5.97 Å². The number of ether oxygens (including phenoxy) is 1. The lowest BCUT2D eigenvalue weighted by molar-refractivity contribution is -0.141. The van der Waals surface area contributed by atoms with Crippen LogP contribution in [-0.2, 0) is 28.7 Å². The van der Waals surface area contributed by atoms with Crippen molar-refractivity contribution < 1.29 is 28.7 Å². The van der Waals surface area contributed by atoms with Gasteiger partial charge in [-0.25, -0.2) is 0 Å². The van der Waals surface area contributed by atoms with E-state index in [1.807, 2.05) is 6.26 Å². The number of carbonyl (C=O) groups excluding carboxylic acids is 5. The smallest absolute Gasteiger partial charge is 0.325 e. The van der Waals surface area contributed by atoms with E-state index < -0.39 is 29.7 Å². The Kier molecular flexibility index (Phi) is 14.5. The number of hydrogen-bond acceptors (Lipinski definition) is 7. The number of halogens is 1. The first kappa shape index (κ1) is 26.4. The molecular formula is C16H27IN4O6S. The number of thioether (sulfide) groups is 1. The standard InChI is InChI=1S/C16H27IN4O6S/c1-10(6-17)15(25)21-11(4-5-28-3)16(26)20-8-13(23)18-7-12(22)19-9-14(24)27-2/h10-11H,4-9H2,1-3H3,(H,18,23)(H,19,22)(H,20,26)(H,21,25). The molecule has 4 N–H and O–H groups in total. The highest BCUT2D eigenvalue weighted by Gasteiger charge is 2.23. The quantitative estimate of drug-likeness (QED) is 0.133. The zero-order chi connectivity index (χ0) is 21.5. The normalized spacial score (nSPS) is 12.3. The molecule has 0 rings (SSSR count). The average molecular weight is 530 g/mol. The summed E-state index contributed by atoms with van der Waals surface area (Å²) >= 11 is 3.64. The van der Waals surface area contributed by atoms with Crippen molar-refractivity contribution in [3.8, 4) is 0 Å². The highest BCUT2D eigenvalue weighted by molar-refractivity contribution is 14.1. The van der Waals surface area contributed by atoms with Crippen molar-refractivity contribution in [3.63, 3.8) is 0 Å². The molecule has 28 heavy (non-hydrogen) atoms. The lowest BCUT2D eigenvalue weighted by Gasteiger charge is -2.19. The molecule has 4 amide bonds. The second-order valence-corrected chi connectivity index (χ2v) is 7.61. The number of rotatable bonds is 13. The number of nitrogens with one attached hydrogen (secondary N) is 4. The van der Waals surface area contributed by atoms with Crippen LogP contribution in [0.1, 0.15) is 13.3 Å². The van der Waals surface area contributed by atoms with Crippen LogP contribution in [0.2, 0.25) is 0 Å². The van der Waals surface area contributed by atoms with E-state index in [1.54, 1.807) is 18.7 Å². The zero-order valence-electron chi connectivity index (χ0n) is 16.1. The highest BCUT2D eigenvalue weighted by Crippen LogP contribution is 2.05. The summed E-state index contributed by atoms with van der Waals surface area (Å²) < 4.78 is 5.00. The summed E-state index contributed by atoms with van der Waals surface area (Å²) in [7, 11) is 1.19. The molecule has 0 fully saturated rings. The molecule has 0 heterocycles. The summed E-state index contributed by atoms with van der Waals surface area (Å²) in [5.74, 6) is -1.99. The fourth-order valence-electron chi connectivity index (χ4n) is 1.73. The Bertz CT molecular complexity index is 563. The minimum atomic E-state index is -0.735. The van der Waals surface area contributed by atoms with Gasteiger partial charge in [0.1, 0.15) is 12.6 Å². The molecule has 0 aliphatic carbocycles. The Morgan fingerprint density at radius 3 is 2.07 bits per heavy atom. The van der Waals surface area contributed by atoms with Crippen LogP contribution in [-0.4, -0.2) is 78.8 Å². The van der Waals surface area contributed by atoms with Crippen molar-refractivity contribution >= 4 is 64.0 Å². The molecule has 0 aromatic rings. The maximum Gasteiger partial charge on any atom is 0.325 e. The third-order valence-electron chi connectivity index (χ3n) is 3.45. The molecule has 2 unspecified atom stereocenters. The third kappa shape index (κ3) is 12.0. The second kappa shape index (κ2) is 15.4. The van der Waals surface area contributed by atoms with Crippen LogP contribution < -0.4 is 21.3 Å². The van der Waals surface area contributed by atoms with Gasteiger partial charge in [0.15, 0.2) is 0 Å². The van der Waals surface area contributed by atoms with Crippen LogP contribution in [0.4, 0.5) is 0 Å². The van der Waals surface area contributed by atoms with Crippen LogP contribution in [0.5, 0.6) is 0 Å². The van der Waals surface area contributed by atoms with Gasteiger partial charge in [0.25, 0.3) is 0 Å². The molecule has 10 nitrogen and oxygen atoms in total. The molecule has 0 saturated heterocycles. The summed E-state index contributed by atoms with van der Waals surface area (Å²) in [5.41, 5.74) is 0. The SMILES string of the molecule is COC(=O)CNC(=O)CNC(=O)CNC(=O)C(CCSC)NC(=O)C(C)CI. The molecule has 160 valence electrons. The van der Waals surface area contributed by atoms with Gasteiger partial charge in [-0.2, -0.15) is 11.8 Å². The van der Waals surface area contributed by atoms with Crippen LogP contribution in [0.3, 0.4) is 0 Å². The summed E-state index contributed by atoms with van der Waals surface area (Å²) in [6.07, 6.45) is 2.33. The summed E-state index contributed by atoms with van der Waals surface area (Å²) in [6.45, 7) is 0.792. The molecule has 2 atom stereocenters. The predicted octanol–water partition coefficient (Wildman–Crippen LogP) is -1.18. The van der Waals surface area contributed by atoms with Crippen LogP contribution in [0.15, 0.2) is 0 Å². The summed E-state index contributed by atoms with van der Waals surface area (Å²) in [4.78, 5) is 58.5. The number of esters is 1. The molecule has 0 aliphatic rings. The molecule has 12 heteroatoms. The maximum absolute atomic E-state index is 12.3. The first-order valence-corrected chi connectivity index (χ1v) is 11.4. The van der Waals surface area contributed by atoms with Gasteiger partial charge in [0, 0.05) is 10.3 Å². The fraction of sp³-hybridized carbons (Fsp3) is 0.688. The van der Waals surface area contributed by atoms with Crippen molar-refractivity contribution in [2.24, 2.45) is 5.92 Å². The molecular weight excluding hydrogens is 503 g/mol. The predicted molar refractivity (Wildman–Crippen MR) is 114 cm³/mol. The Morgan fingerprint density at radius 1 is 0.964 bits per heavy atom. The fourth-order valence-corrected chi connectivity index (χ4v) is 2.60. The molecule has 0 radical (unpaired) electrons. The van der Waals surface area contributed by atoms with E-state index in [9.17, 15) is 24.0 Å².